The van der Waals surface area contributed by atoms with Crippen molar-refractivity contribution in [2.24, 2.45) is 0 Å². The molecule has 0 spiro atoms. The highest BCUT2D eigenvalue weighted by Gasteiger charge is 2.14. The van der Waals surface area contributed by atoms with Crippen LogP contribution in [-0.2, 0) is 11.2 Å². The van der Waals surface area contributed by atoms with Crippen LogP contribution in [0.5, 0.6) is 5.75 Å². The van der Waals surface area contributed by atoms with Crippen molar-refractivity contribution in [3.63, 3.8) is 0 Å². The van der Waals surface area contributed by atoms with E-state index in [9.17, 15) is 14.4 Å². The van der Waals surface area contributed by atoms with Crippen molar-refractivity contribution in [1.29, 1.82) is 0 Å². The van der Waals surface area contributed by atoms with E-state index in [2.05, 4.69) is 18.7 Å². The van der Waals surface area contributed by atoms with E-state index in [1.807, 2.05) is 44.2 Å². The van der Waals surface area contributed by atoms with E-state index in [1.54, 1.807) is 42.5 Å². The van der Waals surface area contributed by atoms with Crippen LogP contribution < -0.4 is 10.4 Å². The van der Waals surface area contributed by atoms with Crippen LogP contribution in [0.2, 0.25) is 0 Å². The highest BCUT2D eigenvalue weighted by molar-refractivity contribution is 6.07. The molecule has 0 amide bonds. The zero-order valence-electron chi connectivity index (χ0n) is 24.6. The van der Waals surface area contributed by atoms with Gasteiger partial charge in [-0.05, 0) is 80.9 Å². The molecule has 0 saturated carbocycles. The lowest BCUT2D eigenvalue weighted by Gasteiger charge is -2.18. The average molecular weight is 568 g/mol. The topological polar surface area (TPSA) is 86.1 Å². The Bertz CT molecular complexity index is 1630. The minimum absolute atomic E-state index is 0.0524. The second-order valence-electron chi connectivity index (χ2n) is 10.1. The Morgan fingerprint density at radius 3 is 2.38 bits per heavy atom. The number of nitrogens with zero attached hydrogens (tertiary/aromatic N) is 1. The first kappa shape index (κ1) is 30.5. The molecule has 0 aliphatic carbocycles. The van der Waals surface area contributed by atoms with Crippen molar-refractivity contribution >= 4 is 28.8 Å². The zero-order chi connectivity index (χ0) is 30.1. The Morgan fingerprint density at radius 2 is 1.67 bits per heavy atom. The largest absolute Gasteiger partial charge is 0.490 e. The summed E-state index contributed by atoms with van der Waals surface area (Å²) in [6.07, 6.45) is 3.88. The van der Waals surface area contributed by atoms with Crippen LogP contribution >= 0.6 is 0 Å². The highest BCUT2D eigenvalue weighted by Crippen LogP contribution is 2.24. The molecule has 1 heterocycles. The predicted molar refractivity (Wildman–Crippen MR) is 165 cm³/mol. The lowest BCUT2D eigenvalue weighted by Crippen LogP contribution is -2.27. The molecule has 0 fully saturated rings. The third-order valence-corrected chi connectivity index (χ3v) is 7.29. The normalized spacial score (nSPS) is 11.4. The number of ether oxygens (including phenoxy) is 2. The lowest BCUT2D eigenvalue weighted by atomic mass is 10.0. The fourth-order valence-electron chi connectivity index (χ4n) is 4.74. The second kappa shape index (κ2) is 14.4. The first-order valence-corrected chi connectivity index (χ1v) is 14.3. The number of hydrogen-bond donors (Lipinski definition) is 0. The Labute approximate surface area is 246 Å². The molecule has 0 unspecified atom stereocenters. The van der Waals surface area contributed by atoms with Crippen LogP contribution in [0, 0.1) is 13.8 Å². The van der Waals surface area contributed by atoms with Gasteiger partial charge < -0.3 is 18.8 Å². The summed E-state index contributed by atoms with van der Waals surface area (Å²) in [4.78, 5) is 39.8. The fourth-order valence-corrected chi connectivity index (χ4v) is 4.74. The minimum atomic E-state index is -0.470. The summed E-state index contributed by atoms with van der Waals surface area (Å²) in [6, 6.07) is 19.7. The molecule has 7 heteroatoms. The summed E-state index contributed by atoms with van der Waals surface area (Å²) >= 11 is 0. The van der Waals surface area contributed by atoms with Crippen molar-refractivity contribution in [2.45, 2.75) is 34.1 Å². The lowest BCUT2D eigenvalue weighted by molar-refractivity contribution is 0.0450. The zero-order valence-corrected chi connectivity index (χ0v) is 24.6. The van der Waals surface area contributed by atoms with Gasteiger partial charge in [-0.3, -0.25) is 4.79 Å². The maximum absolute atomic E-state index is 12.7. The molecular weight excluding hydrogens is 530 g/mol. The van der Waals surface area contributed by atoms with Gasteiger partial charge in [-0.15, -0.1) is 0 Å². The van der Waals surface area contributed by atoms with E-state index in [0.717, 1.165) is 41.7 Å². The second-order valence-corrected chi connectivity index (χ2v) is 10.1. The SMILES string of the molecule is CCN(CC)CCc1c(C)c2ccc(OCCOC(=O)c3ccc(/C=C/C(=O)c4cccc(C)c4)cc3)cc2oc1=O. The van der Waals surface area contributed by atoms with Gasteiger partial charge >= 0.3 is 11.6 Å². The summed E-state index contributed by atoms with van der Waals surface area (Å²) < 4.78 is 16.7. The van der Waals surface area contributed by atoms with Crippen molar-refractivity contribution < 1.29 is 23.5 Å². The minimum Gasteiger partial charge on any atom is -0.490 e. The van der Waals surface area contributed by atoms with Gasteiger partial charge in [-0.25, -0.2) is 9.59 Å². The van der Waals surface area contributed by atoms with Gasteiger partial charge in [0.25, 0.3) is 0 Å². The van der Waals surface area contributed by atoms with Crippen LogP contribution in [0.25, 0.3) is 17.0 Å². The molecule has 1 aromatic heterocycles. The van der Waals surface area contributed by atoms with E-state index in [4.69, 9.17) is 13.9 Å². The van der Waals surface area contributed by atoms with E-state index in [-0.39, 0.29) is 24.6 Å². The van der Waals surface area contributed by atoms with E-state index in [0.29, 0.717) is 34.4 Å². The van der Waals surface area contributed by atoms with Gasteiger partial charge in [0.2, 0.25) is 0 Å². The van der Waals surface area contributed by atoms with Gasteiger partial charge in [0, 0.05) is 29.1 Å². The van der Waals surface area contributed by atoms with Crippen LogP contribution in [0.3, 0.4) is 0 Å². The molecule has 0 saturated heterocycles. The molecule has 0 bridgehead atoms. The fraction of sp³-hybridized carbons (Fsp3) is 0.286. The molecule has 42 heavy (non-hydrogen) atoms. The van der Waals surface area contributed by atoms with Crippen molar-refractivity contribution in [3.05, 3.63) is 117 Å². The van der Waals surface area contributed by atoms with Crippen molar-refractivity contribution in [2.75, 3.05) is 32.8 Å². The summed E-state index contributed by atoms with van der Waals surface area (Å²) in [5, 5.41) is 0.876. The van der Waals surface area contributed by atoms with E-state index < -0.39 is 5.97 Å². The number of ketones is 1. The molecule has 0 aliphatic rings. The first-order chi connectivity index (χ1) is 20.3. The van der Waals surface area contributed by atoms with Crippen LogP contribution in [-0.4, -0.2) is 49.5 Å². The quantitative estimate of drug-likeness (QED) is 0.0605. The summed E-state index contributed by atoms with van der Waals surface area (Å²) in [5.41, 5.74) is 4.63. The number of carbonyl (C=O) groups excluding carboxylic acids is 2. The molecule has 4 rings (SSSR count). The molecule has 3 aromatic carbocycles. The summed E-state index contributed by atoms with van der Waals surface area (Å²) in [6.45, 7) is 11.0. The number of rotatable bonds is 13. The highest BCUT2D eigenvalue weighted by atomic mass is 16.6. The van der Waals surface area contributed by atoms with Gasteiger partial charge in [0.05, 0.1) is 5.56 Å². The van der Waals surface area contributed by atoms with E-state index in [1.165, 1.54) is 6.08 Å². The molecule has 0 aliphatic heterocycles. The number of allylic oxidation sites excluding steroid dienone is 1. The number of carbonyl (C=O) groups is 2. The Hall–Kier alpha value is -4.49. The third-order valence-electron chi connectivity index (χ3n) is 7.29. The summed E-state index contributed by atoms with van der Waals surface area (Å²) in [7, 11) is 0. The van der Waals surface area contributed by atoms with Gasteiger partial charge in [-0.2, -0.15) is 0 Å². The first-order valence-electron chi connectivity index (χ1n) is 14.3. The van der Waals surface area contributed by atoms with Gasteiger partial charge in [-0.1, -0.05) is 55.8 Å². The third kappa shape index (κ3) is 7.83. The van der Waals surface area contributed by atoms with Gasteiger partial charge in [0.15, 0.2) is 5.78 Å². The molecule has 0 atom stereocenters. The Kier molecular flexibility index (Phi) is 10.5. The number of fused-ring (bicyclic) bond motifs is 1. The van der Waals surface area contributed by atoms with Gasteiger partial charge in [0.1, 0.15) is 24.5 Å². The molecule has 218 valence electrons. The maximum atomic E-state index is 12.7. The summed E-state index contributed by atoms with van der Waals surface area (Å²) in [5.74, 6) is -0.0304. The van der Waals surface area contributed by atoms with Crippen LogP contribution in [0.1, 0.15) is 56.8 Å². The van der Waals surface area contributed by atoms with Crippen LogP contribution in [0.4, 0.5) is 0 Å². The number of benzene rings is 3. The maximum Gasteiger partial charge on any atom is 0.339 e. The smallest absolute Gasteiger partial charge is 0.339 e. The average Bonchev–Trinajstić information content (AvgIpc) is 3.00. The number of hydrogen-bond acceptors (Lipinski definition) is 7. The molecule has 7 nitrogen and oxygen atoms in total. The standard InChI is InChI=1S/C35H37NO6/c1-5-36(6-2)19-18-31-25(4)30-16-15-29(23-33(30)42-35(31)39)40-20-21-41-34(38)27-13-10-26(11-14-27)12-17-32(37)28-9-7-8-24(3)22-28/h7-17,22-23H,5-6,18-21H2,1-4H3/b17-12+. The van der Waals surface area contributed by atoms with Crippen molar-refractivity contribution in [3.8, 4) is 5.75 Å². The number of aryl methyl sites for hydroxylation is 2. The van der Waals surface area contributed by atoms with E-state index >= 15 is 0 Å². The number of esters is 1. The number of likely N-dealkylation sites (N-methyl/N-ethyl adjacent to an activating group) is 1. The Morgan fingerprint density at radius 1 is 0.905 bits per heavy atom. The molecule has 0 radical (unpaired) electrons. The molecule has 4 aromatic rings. The predicted octanol–water partition coefficient (Wildman–Crippen LogP) is 6.43. The Balaban J connectivity index is 1.28. The monoisotopic (exact) mass is 567 g/mol. The van der Waals surface area contributed by atoms with Crippen LogP contribution in [0.15, 0.2) is 82.0 Å². The molecular formula is C35H37NO6. The van der Waals surface area contributed by atoms with Crippen molar-refractivity contribution in [1.82, 2.24) is 4.90 Å². The molecule has 0 N–H and O–H groups in total.